The van der Waals surface area contributed by atoms with Gasteiger partial charge in [-0.2, -0.15) is 0 Å². The van der Waals surface area contributed by atoms with Crippen molar-refractivity contribution in [3.8, 4) is 0 Å². The molecule has 1 aliphatic carbocycles. The van der Waals surface area contributed by atoms with E-state index < -0.39 is 5.60 Å². The van der Waals surface area contributed by atoms with Crippen LogP contribution in [0.2, 0.25) is 0 Å². The van der Waals surface area contributed by atoms with E-state index in [1.54, 1.807) is 4.90 Å². The lowest BCUT2D eigenvalue weighted by Crippen LogP contribution is -2.49. The van der Waals surface area contributed by atoms with Crippen LogP contribution < -0.4 is 0 Å². The minimum absolute atomic E-state index is 0.0624. The fourth-order valence-electron chi connectivity index (χ4n) is 3.24. The Balaban J connectivity index is 2.15. The molecule has 20 heavy (non-hydrogen) atoms. The van der Waals surface area contributed by atoms with Gasteiger partial charge in [-0.1, -0.05) is 12.5 Å². The van der Waals surface area contributed by atoms with Crippen molar-refractivity contribution in [1.29, 1.82) is 0 Å². The van der Waals surface area contributed by atoms with Gasteiger partial charge in [-0.25, -0.2) is 4.79 Å². The summed E-state index contributed by atoms with van der Waals surface area (Å²) in [5.41, 5.74) is 1.64. The molecule has 0 saturated carbocycles. The summed E-state index contributed by atoms with van der Waals surface area (Å²) in [6, 6.07) is 0. The highest BCUT2D eigenvalue weighted by atomic mass is 16.6. The van der Waals surface area contributed by atoms with Gasteiger partial charge in [0.05, 0.1) is 0 Å². The maximum Gasteiger partial charge on any atom is 0.410 e. The second-order valence-corrected chi connectivity index (χ2v) is 7.24. The van der Waals surface area contributed by atoms with Crippen molar-refractivity contribution in [3.05, 3.63) is 11.1 Å². The molecule has 4 heteroatoms. The van der Waals surface area contributed by atoms with E-state index in [1.165, 1.54) is 5.57 Å². The molecule has 1 saturated heterocycles. The third-order valence-electron chi connectivity index (χ3n) is 4.33. The number of hydrogen-bond donors (Lipinski definition) is 0. The molecule has 0 radical (unpaired) electrons. The van der Waals surface area contributed by atoms with E-state index in [-0.39, 0.29) is 17.3 Å². The minimum atomic E-state index is -0.466. The summed E-state index contributed by atoms with van der Waals surface area (Å²) >= 11 is 0. The van der Waals surface area contributed by atoms with E-state index in [4.69, 9.17) is 4.74 Å². The third kappa shape index (κ3) is 2.89. The molecule has 1 unspecified atom stereocenters. The average Bonchev–Trinajstić information content (AvgIpc) is 2.31. The highest BCUT2D eigenvalue weighted by molar-refractivity contribution is 5.96. The number of allylic oxidation sites excluding steroid dienone is 1. The Morgan fingerprint density at radius 1 is 1.30 bits per heavy atom. The number of Topliss-reactive ketones (excluding diaryl/α,β-unsaturated/α-hetero) is 1. The number of ether oxygens (including phenoxy) is 1. The first-order valence-electron chi connectivity index (χ1n) is 7.34. The van der Waals surface area contributed by atoms with E-state index in [1.807, 2.05) is 27.7 Å². The first-order valence-corrected chi connectivity index (χ1v) is 7.34. The summed E-state index contributed by atoms with van der Waals surface area (Å²) in [6.45, 7) is 11.0. The summed E-state index contributed by atoms with van der Waals surface area (Å²) in [4.78, 5) is 25.8. The molecule has 0 aromatic rings. The van der Waals surface area contributed by atoms with Crippen LogP contribution in [0, 0.1) is 5.41 Å². The SMILES string of the molecule is CC1=C2CCN(C(=O)OC(C)(C)C)CC2(C)CCC1=O. The first kappa shape index (κ1) is 15.1. The lowest BCUT2D eigenvalue weighted by Gasteiger charge is -2.45. The van der Waals surface area contributed by atoms with Crippen LogP contribution in [-0.4, -0.2) is 35.5 Å². The predicted molar refractivity (Wildman–Crippen MR) is 77.5 cm³/mol. The van der Waals surface area contributed by atoms with Gasteiger partial charge in [0.25, 0.3) is 0 Å². The van der Waals surface area contributed by atoms with Crippen LogP contribution in [0.1, 0.15) is 53.9 Å². The second-order valence-electron chi connectivity index (χ2n) is 7.24. The fourth-order valence-corrected chi connectivity index (χ4v) is 3.24. The maximum absolute atomic E-state index is 12.2. The zero-order valence-electron chi connectivity index (χ0n) is 13.2. The Morgan fingerprint density at radius 2 is 1.95 bits per heavy atom. The Morgan fingerprint density at radius 3 is 2.55 bits per heavy atom. The molecule has 1 fully saturated rings. The molecule has 112 valence electrons. The zero-order valence-corrected chi connectivity index (χ0v) is 13.2. The monoisotopic (exact) mass is 279 g/mol. The third-order valence-corrected chi connectivity index (χ3v) is 4.33. The van der Waals surface area contributed by atoms with Crippen molar-refractivity contribution in [2.45, 2.75) is 59.5 Å². The van der Waals surface area contributed by atoms with Crippen molar-refractivity contribution in [2.75, 3.05) is 13.1 Å². The summed E-state index contributed by atoms with van der Waals surface area (Å²) in [7, 11) is 0. The van der Waals surface area contributed by atoms with Crippen LogP contribution in [0.25, 0.3) is 0 Å². The topological polar surface area (TPSA) is 46.6 Å². The van der Waals surface area contributed by atoms with E-state index in [0.717, 1.165) is 18.4 Å². The van der Waals surface area contributed by atoms with Crippen LogP contribution in [-0.2, 0) is 9.53 Å². The van der Waals surface area contributed by atoms with Crippen LogP contribution in [0.4, 0.5) is 4.79 Å². The quantitative estimate of drug-likeness (QED) is 0.683. The number of piperidine rings is 1. The Bertz CT molecular complexity index is 473. The predicted octanol–water partition coefficient (Wildman–Crippen LogP) is 3.31. The van der Waals surface area contributed by atoms with Crippen molar-refractivity contribution >= 4 is 11.9 Å². The highest BCUT2D eigenvalue weighted by Gasteiger charge is 2.42. The lowest BCUT2D eigenvalue weighted by atomic mass is 9.68. The molecule has 0 aromatic heterocycles. The van der Waals surface area contributed by atoms with Gasteiger partial charge >= 0.3 is 6.09 Å². The van der Waals surface area contributed by atoms with Gasteiger partial charge < -0.3 is 9.64 Å². The van der Waals surface area contributed by atoms with Crippen LogP contribution in [0.5, 0.6) is 0 Å². The molecule has 0 spiro atoms. The smallest absolute Gasteiger partial charge is 0.410 e. The number of rotatable bonds is 0. The molecule has 2 aliphatic rings. The number of fused-ring (bicyclic) bond motifs is 1. The van der Waals surface area contributed by atoms with Crippen molar-refractivity contribution in [3.63, 3.8) is 0 Å². The summed E-state index contributed by atoms with van der Waals surface area (Å²) in [5, 5.41) is 0. The summed E-state index contributed by atoms with van der Waals surface area (Å²) in [6.07, 6.45) is 1.96. The molecular formula is C16H25NO3. The Labute approximate surface area is 121 Å². The van der Waals surface area contributed by atoms with Gasteiger partial charge in [0.2, 0.25) is 0 Å². The van der Waals surface area contributed by atoms with E-state index in [2.05, 4.69) is 6.92 Å². The first-order chi connectivity index (χ1) is 9.12. The molecular weight excluding hydrogens is 254 g/mol. The number of ketones is 1. The largest absolute Gasteiger partial charge is 0.444 e. The van der Waals surface area contributed by atoms with Gasteiger partial charge in [0.1, 0.15) is 5.60 Å². The number of hydrogen-bond acceptors (Lipinski definition) is 3. The fraction of sp³-hybridized carbons (Fsp3) is 0.750. The normalized spacial score (nSPS) is 27.4. The maximum atomic E-state index is 12.2. The van der Waals surface area contributed by atoms with Crippen molar-refractivity contribution in [2.24, 2.45) is 5.41 Å². The molecule has 1 amide bonds. The van der Waals surface area contributed by atoms with Crippen LogP contribution in [0.15, 0.2) is 11.1 Å². The number of amides is 1. The van der Waals surface area contributed by atoms with Crippen LogP contribution in [0.3, 0.4) is 0 Å². The lowest BCUT2D eigenvalue weighted by molar-refractivity contribution is -0.117. The van der Waals surface area contributed by atoms with E-state index in [9.17, 15) is 9.59 Å². The Hall–Kier alpha value is -1.32. The Kier molecular flexibility index (Phi) is 3.69. The number of carbonyl (C=O) groups excluding carboxylic acids is 2. The van der Waals surface area contributed by atoms with Gasteiger partial charge in [-0.3, -0.25) is 4.79 Å². The highest BCUT2D eigenvalue weighted by Crippen LogP contribution is 2.44. The molecule has 1 heterocycles. The number of nitrogens with zero attached hydrogens (tertiary/aromatic N) is 1. The van der Waals surface area contributed by atoms with E-state index >= 15 is 0 Å². The van der Waals surface area contributed by atoms with Crippen molar-refractivity contribution in [1.82, 2.24) is 4.90 Å². The molecule has 1 atom stereocenters. The number of carbonyl (C=O) groups is 2. The molecule has 0 N–H and O–H groups in total. The minimum Gasteiger partial charge on any atom is -0.444 e. The average molecular weight is 279 g/mol. The second kappa shape index (κ2) is 4.90. The molecule has 0 bridgehead atoms. The molecule has 0 aromatic carbocycles. The zero-order chi connectivity index (χ0) is 15.1. The van der Waals surface area contributed by atoms with Crippen molar-refractivity contribution < 1.29 is 14.3 Å². The van der Waals surface area contributed by atoms with Crippen LogP contribution >= 0.6 is 0 Å². The summed E-state index contributed by atoms with van der Waals surface area (Å²) in [5.74, 6) is 0.267. The van der Waals surface area contributed by atoms with Gasteiger partial charge in [0.15, 0.2) is 5.78 Å². The van der Waals surface area contributed by atoms with Gasteiger partial charge in [0, 0.05) is 24.9 Å². The van der Waals surface area contributed by atoms with E-state index in [0.29, 0.717) is 19.5 Å². The standard InChI is InChI=1S/C16H25NO3/c1-11-12-7-9-17(14(19)20-15(2,3)4)10-16(12,5)8-6-13(11)18/h6-10H2,1-5H3. The van der Waals surface area contributed by atoms with Gasteiger partial charge in [-0.15, -0.1) is 0 Å². The molecule has 1 aliphatic heterocycles. The molecule has 2 rings (SSSR count). The molecule has 4 nitrogen and oxygen atoms in total. The van der Waals surface area contributed by atoms with Gasteiger partial charge in [-0.05, 0) is 46.1 Å². The summed E-state index contributed by atoms with van der Waals surface area (Å²) < 4.78 is 5.45. The number of likely N-dealkylation sites (tertiary alicyclic amines) is 1.